The van der Waals surface area contributed by atoms with E-state index in [1.54, 1.807) is 0 Å². The lowest BCUT2D eigenvalue weighted by Gasteiger charge is -2.26. The van der Waals surface area contributed by atoms with Gasteiger partial charge in [0.15, 0.2) is 0 Å². The van der Waals surface area contributed by atoms with Crippen molar-refractivity contribution in [2.24, 2.45) is 0 Å². The highest BCUT2D eigenvalue weighted by molar-refractivity contribution is 8.00. The molecule has 0 aliphatic carbocycles. The number of hydrogen-bond acceptors (Lipinski definition) is 3. The molecule has 0 amide bonds. The van der Waals surface area contributed by atoms with Crippen LogP contribution in [0.1, 0.15) is 168 Å². The van der Waals surface area contributed by atoms with Crippen LogP contribution < -0.4 is 0 Å². The van der Waals surface area contributed by atoms with Gasteiger partial charge < -0.3 is 5.11 Å². The zero-order chi connectivity index (χ0) is 28.8. The van der Waals surface area contributed by atoms with Gasteiger partial charge in [-0.2, -0.15) is 23.5 Å². The summed E-state index contributed by atoms with van der Waals surface area (Å²) in [6.07, 6.45) is 25.6. The van der Waals surface area contributed by atoms with Crippen LogP contribution in [0.3, 0.4) is 0 Å². The first-order chi connectivity index (χ1) is 18.8. The molecule has 1 N–H and O–H groups in total. The monoisotopic (exact) mass is 578 g/mol. The second-order valence-electron chi connectivity index (χ2n) is 12.9. The third-order valence-electron chi connectivity index (χ3n) is 7.98. The molecule has 0 bridgehead atoms. The van der Waals surface area contributed by atoms with E-state index in [0.29, 0.717) is 11.0 Å². The summed E-state index contributed by atoms with van der Waals surface area (Å²) in [6, 6.07) is 6.47. The highest BCUT2D eigenvalue weighted by atomic mass is 32.2. The van der Waals surface area contributed by atoms with Crippen molar-refractivity contribution >= 4 is 23.5 Å². The Morgan fingerprint density at radius 1 is 0.641 bits per heavy atom. The maximum atomic E-state index is 11.2. The van der Waals surface area contributed by atoms with Crippen molar-refractivity contribution < 1.29 is 5.11 Å². The van der Waals surface area contributed by atoms with Gasteiger partial charge in [0.1, 0.15) is 5.75 Å². The van der Waals surface area contributed by atoms with E-state index in [1.165, 1.54) is 127 Å². The molecule has 0 fully saturated rings. The molecule has 1 rings (SSSR count). The molecule has 1 aromatic rings. The Kier molecular flexibility index (Phi) is 22.0. The Morgan fingerprint density at radius 3 is 1.67 bits per heavy atom. The van der Waals surface area contributed by atoms with Gasteiger partial charge in [0.25, 0.3) is 0 Å². The van der Waals surface area contributed by atoms with Crippen LogP contribution in [-0.2, 0) is 11.8 Å². The van der Waals surface area contributed by atoms with Crippen LogP contribution in [0.25, 0.3) is 0 Å². The molecule has 0 aromatic heterocycles. The molecule has 0 aliphatic rings. The van der Waals surface area contributed by atoms with E-state index < -0.39 is 0 Å². The molecule has 0 spiro atoms. The van der Waals surface area contributed by atoms with E-state index in [9.17, 15) is 5.11 Å². The van der Waals surface area contributed by atoms with E-state index in [-0.39, 0.29) is 5.41 Å². The van der Waals surface area contributed by atoms with Crippen LogP contribution in [0.2, 0.25) is 0 Å². The second kappa shape index (κ2) is 23.3. The van der Waals surface area contributed by atoms with Gasteiger partial charge >= 0.3 is 0 Å². The second-order valence-corrected chi connectivity index (χ2v) is 15.7. The van der Waals surface area contributed by atoms with E-state index in [4.69, 9.17) is 0 Å². The topological polar surface area (TPSA) is 20.2 Å². The van der Waals surface area contributed by atoms with Gasteiger partial charge in [0, 0.05) is 10.5 Å². The molecule has 0 saturated heterocycles. The molecule has 228 valence electrons. The third kappa shape index (κ3) is 18.0. The van der Waals surface area contributed by atoms with Gasteiger partial charge in [-0.1, -0.05) is 150 Å². The van der Waals surface area contributed by atoms with Crippen molar-refractivity contribution in [2.45, 2.75) is 179 Å². The van der Waals surface area contributed by atoms with Gasteiger partial charge in [-0.3, -0.25) is 0 Å². The molecule has 2 unspecified atom stereocenters. The molecule has 2 atom stereocenters. The molecule has 0 heterocycles. The van der Waals surface area contributed by atoms with Gasteiger partial charge in [0.2, 0.25) is 0 Å². The molecule has 1 aromatic carbocycles. The van der Waals surface area contributed by atoms with Crippen molar-refractivity contribution in [1.29, 1.82) is 0 Å². The van der Waals surface area contributed by atoms with E-state index >= 15 is 0 Å². The SMILES string of the molecule is CCCCCCCCSC(CCCCCC)CC(Cc1cccc(C(C)(C)C)c1O)SCCCCCCCC. The minimum atomic E-state index is -0.0317. The van der Waals surface area contributed by atoms with Crippen LogP contribution in [0.15, 0.2) is 18.2 Å². The first kappa shape index (κ1) is 36.7. The summed E-state index contributed by atoms with van der Waals surface area (Å²) in [5.41, 5.74) is 2.22. The van der Waals surface area contributed by atoms with Crippen LogP contribution >= 0.6 is 23.5 Å². The van der Waals surface area contributed by atoms with Crippen molar-refractivity contribution in [1.82, 2.24) is 0 Å². The van der Waals surface area contributed by atoms with Crippen molar-refractivity contribution in [3.05, 3.63) is 29.3 Å². The number of benzene rings is 1. The zero-order valence-corrected chi connectivity index (χ0v) is 28.6. The summed E-state index contributed by atoms with van der Waals surface area (Å²) >= 11 is 4.47. The molecule has 3 heteroatoms. The van der Waals surface area contributed by atoms with E-state index in [1.807, 2.05) is 0 Å². The fourth-order valence-electron chi connectivity index (χ4n) is 5.44. The fourth-order valence-corrected chi connectivity index (χ4v) is 8.34. The maximum Gasteiger partial charge on any atom is 0.122 e. The average Bonchev–Trinajstić information content (AvgIpc) is 2.90. The van der Waals surface area contributed by atoms with Crippen molar-refractivity contribution in [3.63, 3.8) is 0 Å². The fraction of sp³-hybridized carbons (Fsp3) is 0.833. The maximum absolute atomic E-state index is 11.2. The molecule has 1 nitrogen and oxygen atoms in total. The summed E-state index contributed by atoms with van der Waals surface area (Å²) in [5, 5.41) is 12.6. The molecular formula is C36H66OS2. The molecule has 0 aliphatic heterocycles. The molecule has 39 heavy (non-hydrogen) atoms. The smallest absolute Gasteiger partial charge is 0.122 e. The van der Waals surface area contributed by atoms with Crippen molar-refractivity contribution in [2.75, 3.05) is 11.5 Å². The number of phenols is 1. The minimum Gasteiger partial charge on any atom is -0.507 e. The lowest BCUT2D eigenvalue weighted by Crippen LogP contribution is -2.18. The first-order valence-corrected chi connectivity index (χ1v) is 19.0. The standard InChI is InChI=1S/C36H66OS2/c1-7-10-13-16-18-21-27-38-32(25-20-15-12-9-3)30-33(39-28-22-19-17-14-11-8-2)29-31-24-23-26-34(35(31)37)36(4,5)6/h23-24,26,32-33,37H,7-22,25,27-30H2,1-6H3. The largest absolute Gasteiger partial charge is 0.507 e. The van der Waals surface area contributed by atoms with Gasteiger partial charge in [-0.25, -0.2) is 0 Å². The Labute approximate surface area is 253 Å². The first-order valence-electron chi connectivity index (χ1n) is 16.9. The number of para-hydroxylation sites is 1. The molecule has 0 saturated carbocycles. The normalized spacial score (nSPS) is 13.6. The predicted octanol–water partition coefficient (Wildman–Crippen LogP) is 12.5. The highest BCUT2D eigenvalue weighted by Gasteiger charge is 2.23. The Bertz CT molecular complexity index is 696. The summed E-state index contributed by atoms with van der Waals surface area (Å²) in [7, 11) is 0. The van der Waals surface area contributed by atoms with E-state index in [0.717, 1.165) is 22.8 Å². The lowest BCUT2D eigenvalue weighted by molar-refractivity contribution is 0.439. The Hall–Kier alpha value is -0.280. The molecule has 0 radical (unpaired) electrons. The van der Waals surface area contributed by atoms with E-state index in [2.05, 4.69) is 83.3 Å². The number of unbranched alkanes of at least 4 members (excludes halogenated alkanes) is 13. The summed E-state index contributed by atoms with van der Waals surface area (Å²) < 4.78 is 0. The van der Waals surface area contributed by atoms with Gasteiger partial charge in [-0.05, 0) is 60.2 Å². The number of rotatable bonds is 25. The minimum absolute atomic E-state index is 0.0317. The van der Waals surface area contributed by atoms with Crippen molar-refractivity contribution in [3.8, 4) is 5.75 Å². The van der Waals surface area contributed by atoms with Crippen LogP contribution in [-0.4, -0.2) is 27.1 Å². The van der Waals surface area contributed by atoms with Crippen LogP contribution in [0.4, 0.5) is 0 Å². The summed E-state index contributed by atoms with van der Waals surface area (Å²) in [5.74, 6) is 3.14. The number of aromatic hydroxyl groups is 1. The third-order valence-corrected chi connectivity index (χ3v) is 10.8. The van der Waals surface area contributed by atoms with Gasteiger partial charge in [0.05, 0.1) is 0 Å². The number of hydrogen-bond donors (Lipinski definition) is 1. The predicted molar refractivity (Wildman–Crippen MR) is 183 cm³/mol. The highest BCUT2D eigenvalue weighted by Crippen LogP contribution is 2.37. The number of phenolic OH excluding ortho intramolecular Hbond substituents is 1. The Morgan fingerprint density at radius 2 is 1.13 bits per heavy atom. The summed E-state index contributed by atoms with van der Waals surface area (Å²) in [4.78, 5) is 0. The van der Waals surface area contributed by atoms with Crippen LogP contribution in [0, 0.1) is 0 Å². The zero-order valence-electron chi connectivity index (χ0n) is 27.0. The molecular weight excluding hydrogens is 513 g/mol. The average molecular weight is 579 g/mol. The van der Waals surface area contributed by atoms with Gasteiger partial charge in [-0.15, -0.1) is 0 Å². The van der Waals surface area contributed by atoms with Crippen LogP contribution in [0.5, 0.6) is 5.75 Å². The Balaban J connectivity index is 2.84. The summed E-state index contributed by atoms with van der Waals surface area (Å²) in [6.45, 7) is 13.6. The lowest BCUT2D eigenvalue weighted by atomic mass is 9.84. The quantitative estimate of drug-likeness (QED) is 0.117. The number of thioether (sulfide) groups is 2.